The first-order valence-electron chi connectivity index (χ1n) is 7.73. The molecule has 9 heteroatoms. The molecule has 3 heterocycles. The zero-order valence-electron chi connectivity index (χ0n) is 13.8. The van der Waals surface area contributed by atoms with Crippen LogP contribution in [-0.4, -0.2) is 45.9 Å². The number of nitrogens with zero attached hydrogens (tertiary/aromatic N) is 2. The molecule has 2 aromatic rings. The van der Waals surface area contributed by atoms with E-state index >= 15 is 0 Å². The van der Waals surface area contributed by atoms with Gasteiger partial charge in [0.05, 0.1) is 28.1 Å². The number of carbonyl (C=O) groups is 1. The van der Waals surface area contributed by atoms with Crippen molar-refractivity contribution in [3.05, 3.63) is 28.3 Å². The summed E-state index contributed by atoms with van der Waals surface area (Å²) in [5, 5.41) is 2.79. The van der Waals surface area contributed by atoms with Crippen LogP contribution in [0.3, 0.4) is 0 Å². The molecule has 2 N–H and O–H groups in total. The minimum atomic E-state index is -3.11. The van der Waals surface area contributed by atoms with E-state index in [4.69, 9.17) is 0 Å². The Bertz CT molecular complexity index is 973. The molecule has 8 nitrogen and oxygen atoms in total. The molecular formula is C15H20N4O4S. The van der Waals surface area contributed by atoms with Crippen LogP contribution < -0.4 is 11.0 Å². The van der Waals surface area contributed by atoms with Crippen molar-refractivity contribution in [2.24, 2.45) is 0 Å². The van der Waals surface area contributed by atoms with Crippen LogP contribution in [0.2, 0.25) is 0 Å². The number of carbonyl (C=O) groups excluding carboxylic acids is 1. The van der Waals surface area contributed by atoms with E-state index in [-0.39, 0.29) is 23.2 Å². The van der Waals surface area contributed by atoms with Crippen molar-refractivity contribution in [3.8, 4) is 0 Å². The van der Waals surface area contributed by atoms with Gasteiger partial charge in [0, 0.05) is 12.2 Å². The number of hydrogen-bond acceptors (Lipinski definition) is 5. The Labute approximate surface area is 139 Å². The van der Waals surface area contributed by atoms with Gasteiger partial charge in [-0.1, -0.05) is 0 Å². The summed E-state index contributed by atoms with van der Waals surface area (Å²) in [5.41, 5.74) is 0.202. The van der Waals surface area contributed by atoms with E-state index < -0.39 is 21.3 Å². The molecule has 0 spiro atoms. The number of aromatic amines is 1. The molecule has 1 fully saturated rings. The van der Waals surface area contributed by atoms with Gasteiger partial charge in [-0.15, -0.1) is 0 Å². The van der Waals surface area contributed by atoms with Crippen LogP contribution in [0.4, 0.5) is 0 Å². The highest BCUT2D eigenvalue weighted by atomic mass is 32.2. The third-order valence-corrected chi connectivity index (χ3v) is 6.17. The number of imidazole rings is 1. The van der Waals surface area contributed by atoms with Gasteiger partial charge >= 0.3 is 5.69 Å². The number of H-pyrrole nitrogens is 1. The van der Waals surface area contributed by atoms with Crippen molar-refractivity contribution in [3.63, 3.8) is 0 Å². The lowest BCUT2D eigenvalue weighted by molar-refractivity contribution is 0.0915. The molecule has 2 aromatic heterocycles. The molecule has 0 aromatic carbocycles. The summed E-state index contributed by atoms with van der Waals surface area (Å²) in [7, 11) is -3.11. The van der Waals surface area contributed by atoms with Crippen molar-refractivity contribution in [2.45, 2.75) is 38.8 Å². The highest BCUT2D eigenvalue weighted by molar-refractivity contribution is 7.91. The van der Waals surface area contributed by atoms with Gasteiger partial charge in [0.15, 0.2) is 15.5 Å². The van der Waals surface area contributed by atoms with E-state index in [1.165, 1.54) is 10.8 Å². The van der Waals surface area contributed by atoms with Gasteiger partial charge in [-0.2, -0.15) is 0 Å². The number of nitrogens with one attached hydrogen (secondary N) is 2. The third kappa shape index (κ3) is 2.95. The molecule has 0 saturated carbocycles. The van der Waals surface area contributed by atoms with Crippen molar-refractivity contribution >= 4 is 26.9 Å². The molecule has 1 saturated heterocycles. The van der Waals surface area contributed by atoms with Crippen LogP contribution in [-0.2, 0) is 9.84 Å². The van der Waals surface area contributed by atoms with Gasteiger partial charge in [-0.05, 0) is 33.3 Å². The topological polar surface area (TPSA) is 114 Å². The molecule has 0 unspecified atom stereocenters. The number of fused-ring (bicyclic) bond motifs is 1. The number of pyridine rings is 1. The van der Waals surface area contributed by atoms with Crippen LogP contribution in [0, 0.1) is 0 Å². The summed E-state index contributed by atoms with van der Waals surface area (Å²) in [6.07, 6.45) is 1.77. The predicted octanol–water partition coefficient (Wildman–Crippen LogP) is 0.612. The maximum atomic E-state index is 12.5. The maximum Gasteiger partial charge on any atom is 0.327 e. The quantitative estimate of drug-likeness (QED) is 0.840. The summed E-state index contributed by atoms with van der Waals surface area (Å²) < 4.78 is 24.8. The first kappa shape index (κ1) is 16.7. The second kappa shape index (κ2) is 5.44. The average Bonchev–Trinajstić information content (AvgIpc) is 2.93. The van der Waals surface area contributed by atoms with E-state index in [1.54, 1.807) is 13.0 Å². The van der Waals surface area contributed by atoms with Crippen LogP contribution in [0.15, 0.2) is 17.1 Å². The molecule has 0 radical (unpaired) electrons. The first-order chi connectivity index (χ1) is 11.1. The fourth-order valence-corrected chi connectivity index (χ4v) is 5.19. The van der Waals surface area contributed by atoms with Gasteiger partial charge in [0.25, 0.3) is 5.91 Å². The Kier molecular flexibility index (Phi) is 3.78. The van der Waals surface area contributed by atoms with Gasteiger partial charge in [0.1, 0.15) is 0 Å². The Balaban J connectivity index is 1.93. The second-order valence-corrected chi connectivity index (χ2v) is 9.03. The van der Waals surface area contributed by atoms with E-state index in [2.05, 4.69) is 15.3 Å². The Morgan fingerprint density at radius 2 is 2.17 bits per heavy atom. The molecule has 24 heavy (non-hydrogen) atoms. The van der Waals surface area contributed by atoms with Crippen LogP contribution in [0.1, 0.15) is 43.6 Å². The largest absolute Gasteiger partial charge is 0.346 e. The summed E-state index contributed by atoms with van der Waals surface area (Å²) >= 11 is 0. The van der Waals surface area contributed by atoms with Crippen LogP contribution in [0.25, 0.3) is 11.2 Å². The summed E-state index contributed by atoms with van der Waals surface area (Å²) in [6.45, 7) is 5.46. The van der Waals surface area contributed by atoms with Crippen molar-refractivity contribution in [2.75, 3.05) is 11.5 Å². The lowest BCUT2D eigenvalue weighted by atomic mass is 10.0. The normalized spacial score (nSPS) is 23.0. The smallest absolute Gasteiger partial charge is 0.327 e. The monoisotopic (exact) mass is 352 g/mol. The predicted molar refractivity (Wildman–Crippen MR) is 89.9 cm³/mol. The molecule has 1 aliphatic heterocycles. The summed E-state index contributed by atoms with van der Waals surface area (Å²) in [4.78, 5) is 31.3. The Morgan fingerprint density at radius 1 is 1.46 bits per heavy atom. The molecule has 3 rings (SSSR count). The molecular weight excluding hydrogens is 332 g/mol. The molecule has 0 bridgehead atoms. The number of sulfone groups is 1. The van der Waals surface area contributed by atoms with Gasteiger partial charge < -0.3 is 5.32 Å². The Morgan fingerprint density at radius 3 is 2.75 bits per heavy atom. The fraction of sp³-hybridized carbons (Fsp3) is 0.533. The minimum absolute atomic E-state index is 0.0672. The van der Waals surface area contributed by atoms with Crippen molar-refractivity contribution in [1.29, 1.82) is 0 Å². The number of aromatic nitrogens is 3. The van der Waals surface area contributed by atoms with E-state index in [1.807, 2.05) is 13.8 Å². The lowest BCUT2D eigenvalue weighted by Gasteiger charge is -2.23. The molecule has 0 aliphatic carbocycles. The van der Waals surface area contributed by atoms with Crippen molar-refractivity contribution < 1.29 is 13.2 Å². The van der Waals surface area contributed by atoms with Gasteiger partial charge in [-0.25, -0.2) is 18.2 Å². The fourth-order valence-electron chi connectivity index (χ4n) is 3.10. The third-order valence-electron chi connectivity index (χ3n) is 4.27. The lowest BCUT2D eigenvalue weighted by Crippen LogP contribution is -2.46. The number of amides is 1. The number of hydrogen-bond donors (Lipinski definition) is 2. The summed E-state index contributed by atoms with van der Waals surface area (Å²) in [6, 6.07) is 1.52. The molecule has 1 amide bonds. The minimum Gasteiger partial charge on any atom is -0.346 e. The average molecular weight is 352 g/mol. The van der Waals surface area contributed by atoms with E-state index in [0.29, 0.717) is 23.1 Å². The highest BCUT2D eigenvalue weighted by Gasteiger charge is 2.39. The summed E-state index contributed by atoms with van der Waals surface area (Å²) in [5.74, 6) is -0.387. The Hall–Kier alpha value is -2.16. The van der Waals surface area contributed by atoms with Gasteiger partial charge in [0.2, 0.25) is 0 Å². The van der Waals surface area contributed by atoms with Crippen LogP contribution >= 0.6 is 0 Å². The molecule has 1 aliphatic rings. The zero-order valence-corrected chi connectivity index (χ0v) is 14.6. The molecule has 130 valence electrons. The highest BCUT2D eigenvalue weighted by Crippen LogP contribution is 2.23. The number of rotatable bonds is 3. The SMILES string of the molecule is CC(C)n1c(=O)[nH]c2ncc(C(=O)N[C@]3(C)CCS(=O)(=O)C3)cc21. The van der Waals surface area contributed by atoms with E-state index in [9.17, 15) is 18.0 Å². The maximum absolute atomic E-state index is 12.5. The van der Waals surface area contributed by atoms with Gasteiger partial charge in [-0.3, -0.25) is 14.3 Å². The standard InChI is InChI=1S/C15H20N4O4S/c1-9(2)19-11-6-10(7-16-12(11)17-14(19)21)13(20)18-15(3)4-5-24(22,23)8-15/h6-7,9H,4-5,8H2,1-3H3,(H,18,20)(H,16,17,21)/t15-/m1/s1. The second-order valence-electron chi connectivity index (χ2n) is 6.84. The van der Waals surface area contributed by atoms with Crippen molar-refractivity contribution in [1.82, 2.24) is 19.9 Å². The molecule has 1 atom stereocenters. The van der Waals surface area contributed by atoms with E-state index in [0.717, 1.165) is 0 Å². The van der Waals surface area contributed by atoms with Crippen LogP contribution in [0.5, 0.6) is 0 Å². The first-order valence-corrected chi connectivity index (χ1v) is 9.56. The zero-order chi connectivity index (χ0) is 17.7.